The Morgan fingerprint density at radius 1 is 1.55 bits per heavy atom. The van der Waals surface area contributed by atoms with E-state index in [0.29, 0.717) is 0 Å². The van der Waals surface area contributed by atoms with Gasteiger partial charge in [0.2, 0.25) is 0 Å². The van der Waals surface area contributed by atoms with Gasteiger partial charge in [0.25, 0.3) is 0 Å². The minimum Gasteiger partial charge on any atom is -0.508 e. The fraction of sp³-hybridized carbons (Fsp3) is 0.500. The third-order valence-corrected chi connectivity index (χ3v) is 1.12. The van der Waals surface area contributed by atoms with Crippen LogP contribution in [0, 0.1) is 5.92 Å². The fourth-order valence-corrected chi connectivity index (χ4v) is 0.446. The molecule has 0 rings (SSSR count). The number of aliphatic hydroxyl groups excluding tert-OH is 1. The molecule has 0 amide bonds. The Hall–Kier alpha value is -0.860. The summed E-state index contributed by atoms with van der Waals surface area (Å²) in [6.45, 7) is 2.51. The number of alkyl halides is 1. The average Bonchev–Trinajstić information content (AvgIpc) is 1.87. The molecule has 0 saturated heterocycles. The maximum absolute atomic E-state index is 12.6. The first-order chi connectivity index (χ1) is 5.07. The number of hydrogen-bond acceptors (Lipinski definition) is 1. The highest BCUT2D eigenvalue weighted by Crippen LogP contribution is 2.12. The summed E-state index contributed by atoms with van der Waals surface area (Å²) in [6, 6.07) is 0. The van der Waals surface area contributed by atoms with E-state index in [2.05, 4.69) is 0 Å². The van der Waals surface area contributed by atoms with Crippen LogP contribution in [0.3, 0.4) is 0 Å². The van der Waals surface area contributed by atoms with Gasteiger partial charge in [-0.3, -0.25) is 0 Å². The molecule has 0 aromatic rings. The molecule has 0 aliphatic carbocycles. The zero-order valence-corrected chi connectivity index (χ0v) is 6.64. The van der Waals surface area contributed by atoms with Crippen molar-refractivity contribution in [2.24, 2.45) is 5.92 Å². The summed E-state index contributed by atoms with van der Waals surface area (Å²) >= 11 is 0. The van der Waals surface area contributed by atoms with Crippen LogP contribution in [0.15, 0.2) is 23.7 Å². The van der Waals surface area contributed by atoms with Crippen LogP contribution in [-0.2, 0) is 0 Å². The first kappa shape index (κ1) is 10.1. The highest BCUT2D eigenvalue weighted by Gasteiger charge is 2.00. The van der Waals surface area contributed by atoms with Crippen molar-refractivity contribution in [2.45, 2.75) is 13.8 Å². The van der Waals surface area contributed by atoms with Crippen molar-refractivity contribution >= 4 is 0 Å². The average molecular weight is 162 g/mol. The quantitative estimate of drug-likeness (QED) is 0.499. The SMILES string of the molecule is CC(C)/C(F)=C\C(O)=C/CF. The monoisotopic (exact) mass is 162 g/mol. The van der Waals surface area contributed by atoms with Crippen LogP contribution in [0.5, 0.6) is 0 Å². The van der Waals surface area contributed by atoms with Crippen LogP contribution in [0.1, 0.15) is 13.8 Å². The van der Waals surface area contributed by atoms with Gasteiger partial charge in [0.15, 0.2) is 0 Å². The summed E-state index contributed by atoms with van der Waals surface area (Å²) in [7, 11) is 0. The molecule has 0 aromatic carbocycles. The summed E-state index contributed by atoms with van der Waals surface area (Å²) in [5, 5.41) is 8.77. The number of allylic oxidation sites excluding steroid dienone is 3. The molecule has 0 saturated carbocycles. The van der Waals surface area contributed by atoms with Gasteiger partial charge in [0, 0.05) is 12.0 Å². The molecule has 0 unspecified atom stereocenters. The first-order valence-electron chi connectivity index (χ1n) is 3.40. The molecule has 64 valence electrons. The lowest BCUT2D eigenvalue weighted by atomic mass is 10.2. The van der Waals surface area contributed by atoms with E-state index in [1.54, 1.807) is 13.8 Å². The van der Waals surface area contributed by atoms with Gasteiger partial charge >= 0.3 is 0 Å². The third kappa shape index (κ3) is 4.53. The molecule has 0 fully saturated rings. The zero-order valence-electron chi connectivity index (χ0n) is 6.64. The highest BCUT2D eigenvalue weighted by molar-refractivity contribution is 5.14. The van der Waals surface area contributed by atoms with Crippen LogP contribution in [0.2, 0.25) is 0 Å². The first-order valence-corrected chi connectivity index (χ1v) is 3.40. The van der Waals surface area contributed by atoms with Crippen molar-refractivity contribution in [2.75, 3.05) is 6.67 Å². The maximum atomic E-state index is 12.6. The lowest BCUT2D eigenvalue weighted by molar-refractivity contribution is 0.414. The molecule has 0 bridgehead atoms. The molecule has 1 nitrogen and oxygen atoms in total. The van der Waals surface area contributed by atoms with Gasteiger partial charge in [-0.15, -0.1) is 0 Å². The Labute approximate surface area is 65.0 Å². The van der Waals surface area contributed by atoms with E-state index < -0.39 is 12.5 Å². The van der Waals surface area contributed by atoms with Crippen molar-refractivity contribution < 1.29 is 13.9 Å². The van der Waals surface area contributed by atoms with Gasteiger partial charge in [-0.05, 0) is 6.08 Å². The van der Waals surface area contributed by atoms with Gasteiger partial charge in [0.05, 0.1) is 0 Å². The largest absolute Gasteiger partial charge is 0.508 e. The minimum absolute atomic E-state index is 0.273. The van der Waals surface area contributed by atoms with Gasteiger partial charge < -0.3 is 5.11 Å². The number of rotatable bonds is 3. The van der Waals surface area contributed by atoms with Crippen LogP contribution in [0.25, 0.3) is 0 Å². The Kier molecular flexibility index (Phi) is 4.50. The number of aliphatic hydroxyl groups is 1. The lowest BCUT2D eigenvalue weighted by Gasteiger charge is -1.98. The Bertz CT molecular complexity index is 171. The van der Waals surface area contributed by atoms with Gasteiger partial charge in [-0.1, -0.05) is 13.8 Å². The standard InChI is InChI=1S/C8H12F2O/c1-6(2)8(10)5-7(11)3-4-9/h3,5-6,11H,4H2,1-2H3/b7-3+,8-5+. The Balaban J connectivity index is 4.18. The van der Waals surface area contributed by atoms with Crippen molar-refractivity contribution in [3.63, 3.8) is 0 Å². The summed E-state index contributed by atoms with van der Waals surface area (Å²) in [6.07, 6.45) is 1.83. The molecule has 0 aromatic heterocycles. The predicted molar refractivity (Wildman–Crippen MR) is 40.7 cm³/mol. The van der Waals surface area contributed by atoms with Gasteiger partial charge in [-0.25, -0.2) is 8.78 Å². The van der Waals surface area contributed by atoms with Crippen molar-refractivity contribution in [1.29, 1.82) is 0 Å². The Morgan fingerprint density at radius 3 is 2.45 bits per heavy atom. The van der Waals surface area contributed by atoms with E-state index in [0.717, 1.165) is 12.2 Å². The molecular formula is C8H12F2O. The molecule has 1 N–H and O–H groups in total. The third-order valence-electron chi connectivity index (χ3n) is 1.12. The van der Waals surface area contributed by atoms with Gasteiger partial charge in [-0.2, -0.15) is 0 Å². The molecule has 0 radical (unpaired) electrons. The molecular weight excluding hydrogens is 150 g/mol. The smallest absolute Gasteiger partial charge is 0.116 e. The van der Waals surface area contributed by atoms with Crippen molar-refractivity contribution in [3.05, 3.63) is 23.7 Å². The molecule has 0 aliphatic heterocycles. The topological polar surface area (TPSA) is 20.2 Å². The summed E-state index contributed by atoms with van der Waals surface area (Å²) < 4.78 is 24.1. The molecule has 11 heavy (non-hydrogen) atoms. The zero-order chi connectivity index (χ0) is 8.85. The van der Waals surface area contributed by atoms with Crippen molar-refractivity contribution in [3.8, 4) is 0 Å². The summed E-state index contributed by atoms with van der Waals surface area (Å²) in [4.78, 5) is 0. The molecule has 0 aliphatic rings. The van der Waals surface area contributed by atoms with E-state index in [4.69, 9.17) is 5.11 Å². The second-order valence-electron chi connectivity index (χ2n) is 2.47. The maximum Gasteiger partial charge on any atom is 0.116 e. The van der Waals surface area contributed by atoms with Crippen LogP contribution < -0.4 is 0 Å². The predicted octanol–water partition coefficient (Wildman–Crippen LogP) is 2.91. The second-order valence-corrected chi connectivity index (χ2v) is 2.47. The normalized spacial score (nSPS) is 14.3. The lowest BCUT2D eigenvalue weighted by Crippen LogP contribution is -1.88. The van der Waals surface area contributed by atoms with E-state index in [1.807, 2.05) is 0 Å². The van der Waals surface area contributed by atoms with E-state index >= 15 is 0 Å². The van der Waals surface area contributed by atoms with E-state index in [-0.39, 0.29) is 11.7 Å². The molecule has 0 atom stereocenters. The van der Waals surface area contributed by atoms with E-state index in [9.17, 15) is 8.78 Å². The number of halogens is 2. The van der Waals surface area contributed by atoms with Crippen molar-refractivity contribution in [1.82, 2.24) is 0 Å². The van der Waals surface area contributed by atoms with Crippen LogP contribution in [0.4, 0.5) is 8.78 Å². The van der Waals surface area contributed by atoms with E-state index in [1.165, 1.54) is 0 Å². The number of hydrogen-bond donors (Lipinski definition) is 1. The molecule has 0 spiro atoms. The minimum atomic E-state index is -0.784. The van der Waals surface area contributed by atoms with Gasteiger partial charge in [0.1, 0.15) is 18.3 Å². The summed E-state index contributed by atoms with van der Waals surface area (Å²) in [5.41, 5.74) is 0. The van der Waals surface area contributed by atoms with Crippen LogP contribution in [-0.4, -0.2) is 11.8 Å². The Morgan fingerprint density at radius 2 is 2.09 bits per heavy atom. The van der Waals surface area contributed by atoms with Crippen LogP contribution >= 0.6 is 0 Å². The molecule has 0 heterocycles. The second kappa shape index (κ2) is 4.88. The fourth-order valence-electron chi connectivity index (χ4n) is 0.446. The highest BCUT2D eigenvalue weighted by atomic mass is 19.1. The summed E-state index contributed by atoms with van der Waals surface area (Å²) in [5.74, 6) is -1.09. The molecule has 3 heteroatoms.